The van der Waals surface area contributed by atoms with Gasteiger partial charge in [0.15, 0.2) is 12.7 Å². The minimum absolute atomic E-state index is 0.143. The molecular formula is C34H30N2OPS+. The van der Waals surface area contributed by atoms with Crippen molar-refractivity contribution in [2.24, 2.45) is 0 Å². The van der Waals surface area contributed by atoms with Gasteiger partial charge in [-0.05, 0) is 67.6 Å². The van der Waals surface area contributed by atoms with Gasteiger partial charge in [-0.15, -0.1) is 0 Å². The Bertz CT molecular complexity index is 1470. The van der Waals surface area contributed by atoms with E-state index in [0.717, 1.165) is 31.8 Å². The Hall–Kier alpha value is -4.11. The van der Waals surface area contributed by atoms with Gasteiger partial charge in [0.05, 0.1) is 0 Å². The Morgan fingerprint density at radius 3 is 1.62 bits per heavy atom. The summed E-state index contributed by atoms with van der Waals surface area (Å²) in [6.07, 6.45) is 0. The molecule has 3 N–H and O–H groups in total. The number of carbonyl (C=O) groups is 1. The highest BCUT2D eigenvalue weighted by Crippen LogP contribution is 2.62. The monoisotopic (exact) mass is 545 g/mol. The number of hydrogen-bond donors (Lipinski definition) is 2. The Kier molecular flexibility index (Phi) is 8.27. The van der Waals surface area contributed by atoms with Crippen molar-refractivity contribution in [1.29, 1.82) is 0 Å². The quantitative estimate of drug-likeness (QED) is 0.127. The summed E-state index contributed by atoms with van der Waals surface area (Å²) in [6, 6.07) is 47.0. The Morgan fingerprint density at radius 2 is 1.13 bits per heavy atom. The number of hydrogen-bond acceptors (Lipinski definition) is 3. The lowest BCUT2D eigenvalue weighted by Crippen LogP contribution is -2.38. The maximum Gasteiger partial charge on any atom is 0.258 e. The van der Waals surface area contributed by atoms with E-state index in [2.05, 4.69) is 83.5 Å². The molecule has 0 aromatic heterocycles. The zero-order valence-electron chi connectivity index (χ0n) is 21.7. The number of amides is 1. The molecule has 0 fully saturated rings. The molecule has 1 amide bonds. The van der Waals surface area contributed by atoms with Crippen molar-refractivity contribution in [2.75, 3.05) is 5.73 Å². The number of carbonyl (C=O) groups excluding carboxylic acids is 1. The molecular weight excluding hydrogens is 515 g/mol. The first kappa shape index (κ1) is 26.5. The molecule has 0 aliphatic heterocycles. The van der Waals surface area contributed by atoms with Gasteiger partial charge in [0.1, 0.15) is 15.9 Å². The molecule has 5 heteroatoms. The van der Waals surface area contributed by atoms with Gasteiger partial charge in [-0.25, -0.2) is 0 Å². The summed E-state index contributed by atoms with van der Waals surface area (Å²) < 4.78 is 0. The molecule has 0 heterocycles. The summed E-state index contributed by atoms with van der Waals surface area (Å²) in [6.45, 7) is 2.02. The van der Waals surface area contributed by atoms with Crippen LogP contribution in [-0.4, -0.2) is 5.91 Å². The number of nitrogens with two attached hydrogens (primary N) is 1. The van der Waals surface area contributed by atoms with Gasteiger partial charge in [0, 0.05) is 21.6 Å². The molecule has 192 valence electrons. The number of para-hydroxylation sites is 1. The topological polar surface area (TPSA) is 55.1 Å². The van der Waals surface area contributed by atoms with Crippen LogP contribution in [0.25, 0.3) is 0 Å². The molecule has 0 aliphatic carbocycles. The van der Waals surface area contributed by atoms with Crippen LogP contribution in [0, 0.1) is 6.92 Å². The molecule has 39 heavy (non-hydrogen) atoms. The molecule has 0 saturated carbocycles. The molecule has 0 spiro atoms. The van der Waals surface area contributed by atoms with Gasteiger partial charge >= 0.3 is 0 Å². The summed E-state index contributed by atoms with van der Waals surface area (Å²) in [7, 11) is -2.53. The zero-order valence-corrected chi connectivity index (χ0v) is 23.4. The molecule has 3 nitrogen and oxygen atoms in total. The van der Waals surface area contributed by atoms with Crippen LogP contribution in [0.5, 0.6) is 0 Å². The SMILES string of the molecule is Cc1ccc(C(=O)NC(=CSc2ccccc2N)[P+](c2ccccc2)(c2ccccc2)c2ccccc2)cc1. The Balaban J connectivity index is 1.77. The predicted molar refractivity (Wildman–Crippen MR) is 169 cm³/mol. The number of nitrogens with one attached hydrogen (secondary N) is 1. The largest absolute Gasteiger partial charge is 0.398 e. The average molecular weight is 546 g/mol. The van der Waals surface area contributed by atoms with Gasteiger partial charge in [0.2, 0.25) is 0 Å². The molecule has 0 aliphatic rings. The molecule has 5 aromatic rings. The molecule has 0 atom stereocenters. The fourth-order valence-electron chi connectivity index (χ4n) is 4.61. The van der Waals surface area contributed by atoms with E-state index in [1.807, 2.05) is 73.7 Å². The fourth-order valence-corrected chi connectivity index (χ4v) is 9.92. The van der Waals surface area contributed by atoms with Gasteiger partial charge in [-0.1, -0.05) is 96.2 Å². The minimum atomic E-state index is -2.53. The molecule has 5 rings (SSSR count). The molecule has 0 bridgehead atoms. The van der Waals surface area contributed by atoms with E-state index in [4.69, 9.17) is 5.73 Å². The van der Waals surface area contributed by atoms with Crippen molar-refractivity contribution < 1.29 is 4.79 Å². The highest BCUT2D eigenvalue weighted by molar-refractivity contribution is 8.04. The maximum atomic E-state index is 13.8. The van der Waals surface area contributed by atoms with Crippen LogP contribution in [0.2, 0.25) is 0 Å². The normalized spacial score (nSPS) is 11.7. The summed E-state index contributed by atoms with van der Waals surface area (Å²) in [5, 5.41) is 8.93. The summed E-state index contributed by atoms with van der Waals surface area (Å²) in [4.78, 5) is 14.8. The first-order valence-electron chi connectivity index (χ1n) is 12.7. The molecule has 0 unspecified atom stereocenters. The van der Waals surface area contributed by atoms with E-state index in [9.17, 15) is 4.79 Å². The zero-order chi connectivity index (χ0) is 27.1. The van der Waals surface area contributed by atoms with Gasteiger partial charge in [-0.3, -0.25) is 10.1 Å². The standard InChI is InChI=1S/C34H29N2OPS/c1-26-21-23-27(24-22-26)34(37)36-33(25-39-32-20-12-11-19-31(32)35)38(28-13-5-2-6-14-28,29-15-7-3-8-16-29)30-17-9-4-10-18-30/h2-25H,35H2,1H3/p+1. The lowest BCUT2D eigenvalue weighted by molar-refractivity contribution is 0.0968. The number of aryl methyl sites for hydroxylation is 1. The van der Waals surface area contributed by atoms with Gasteiger partial charge < -0.3 is 5.73 Å². The number of benzene rings is 5. The maximum absolute atomic E-state index is 13.8. The van der Waals surface area contributed by atoms with E-state index < -0.39 is 7.26 Å². The van der Waals surface area contributed by atoms with E-state index >= 15 is 0 Å². The first-order chi connectivity index (χ1) is 19.1. The van der Waals surface area contributed by atoms with Crippen LogP contribution in [-0.2, 0) is 0 Å². The van der Waals surface area contributed by atoms with Crippen LogP contribution < -0.4 is 27.0 Å². The molecule has 0 saturated heterocycles. The van der Waals surface area contributed by atoms with Crippen molar-refractivity contribution in [1.82, 2.24) is 5.32 Å². The van der Waals surface area contributed by atoms with Crippen LogP contribution >= 0.6 is 19.0 Å². The third-order valence-electron chi connectivity index (χ3n) is 6.56. The Labute approximate surface area is 235 Å². The van der Waals surface area contributed by atoms with E-state index in [1.54, 1.807) is 0 Å². The second-order valence-electron chi connectivity index (χ2n) is 9.16. The third kappa shape index (κ3) is 5.68. The van der Waals surface area contributed by atoms with E-state index in [0.29, 0.717) is 11.3 Å². The van der Waals surface area contributed by atoms with Crippen molar-refractivity contribution in [3.05, 3.63) is 161 Å². The number of nitrogen functional groups attached to an aromatic ring is 1. The van der Waals surface area contributed by atoms with E-state index in [-0.39, 0.29) is 5.91 Å². The van der Waals surface area contributed by atoms with Crippen molar-refractivity contribution in [2.45, 2.75) is 11.8 Å². The van der Waals surface area contributed by atoms with Crippen molar-refractivity contribution in [3.63, 3.8) is 0 Å². The van der Waals surface area contributed by atoms with Gasteiger partial charge in [-0.2, -0.15) is 0 Å². The highest BCUT2D eigenvalue weighted by Gasteiger charge is 2.50. The summed E-state index contributed by atoms with van der Waals surface area (Å²) in [5.41, 5.74) is 9.60. The second kappa shape index (κ2) is 12.2. The van der Waals surface area contributed by atoms with Crippen molar-refractivity contribution in [3.8, 4) is 0 Å². The lowest BCUT2D eigenvalue weighted by atomic mass is 10.1. The number of anilines is 1. The summed E-state index contributed by atoms with van der Waals surface area (Å²) in [5.74, 6) is -0.143. The van der Waals surface area contributed by atoms with E-state index in [1.165, 1.54) is 11.8 Å². The average Bonchev–Trinajstić information content (AvgIpc) is 2.99. The molecule has 5 aromatic carbocycles. The van der Waals surface area contributed by atoms with Crippen molar-refractivity contribution >= 4 is 46.5 Å². The predicted octanol–water partition coefficient (Wildman–Crippen LogP) is 6.89. The highest BCUT2D eigenvalue weighted by atomic mass is 32.2. The second-order valence-corrected chi connectivity index (χ2v) is 13.4. The van der Waals surface area contributed by atoms with Crippen LogP contribution in [0.15, 0.2) is 155 Å². The number of thioether (sulfide) groups is 1. The smallest absolute Gasteiger partial charge is 0.258 e. The van der Waals surface area contributed by atoms with Crippen LogP contribution in [0.1, 0.15) is 15.9 Å². The molecule has 0 radical (unpaired) electrons. The third-order valence-corrected chi connectivity index (χ3v) is 11.9. The van der Waals surface area contributed by atoms with Crippen LogP contribution in [0.4, 0.5) is 5.69 Å². The fraction of sp³-hybridized carbons (Fsp3) is 0.0294. The minimum Gasteiger partial charge on any atom is -0.398 e. The lowest BCUT2D eigenvalue weighted by Gasteiger charge is -2.29. The Morgan fingerprint density at radius 1 is 0.667 bits per heavy atom. The van der Waals surface area contributed by atoms with Gasteiger partial charge in [0.25, 0.3) is 5.91 Å². The first-order valence-corrected chi connectivity index (χ1v) is 15.4. The van der Waals surface area contributed by atoms with Crippen LogP contribution in [0.3, 0.4) is 0 Å². The number of rotatable bonds is 8. The summed E-state index contributed by atoms with van der Waals surface area (Å²) >= 11 is 1.53.